The number of ketones is 1. The van der Waals surface area contributed by atoms with Crippen molar-refractivity contribution in [3.05, 3.63) is 70.8 Å². The zero-order valence-corrected chi connectivity index (χ0v) is 15.5. The van der Waals surface area contributed by atoms with Crippen LogP contribution in [0.5, 0.6) is 0 Å². The van der Waals surface area contributed by atoms with Crippen LogP contribution >= 0.6 is 0 Å². The number of rotatable bonds is 4. The third-order valence-electron chi connectivity index (χ3n) is 4.19. The van der Waals surface area contributed by atoms with Crippen LogP contribution < -0.4 is 10.9 Å². The molecule has 1 N–H and O–H groups in total. The molecule has 2 aromatic carbocycles. The van der Waals surface area contributed by atoms with Gasteiger partial charge in [0, 0.05) is 16.7 Å². The zero-order chi connectivity index (χ0) is 19.6. The van der Waals surface area contributed by atoms with Crippen molar-refractivity contribution >= 4 is 28.3 Å². The molecule has 1 amide bonds. The second-order valence-electron chi connectivity index (χ2n) is 7.40. The van der Waals surface area contributed by atoms with Crippen LogP contribution in [0, 0.1) is 5.41 Å². The van der Waals surface area contributed by atoms with Gasteiger partial charge in [0.2, 0.25) is 5.91 Å². The van der Waals surface area contributed by atoms with E-state index in [4.69, 9.17) is 0 Å². The van der Waals surface area contributed by atoms with Crippen LogP contribution in [0.2, 0.25) is 0 Å². The van der Waals surface area contributed by atoms with Crippen LogP contribution in [0.4, 0.5) is 5.69 Å². The molecular weight excluding hydrogens is 342 g/mol. The molecule has 1 aromatic heterocycles. The van der Waals surface area contributed by atoms with Gasteiger partial charge in [-0.15, -0.1) is 0 Å². The van der Waals surface area contributed by atoms with Gasteiger partial charge in [-0.25, -0.2) is 4.98 Å². The van der Waals surface area contributed by atoms with Gasteiger partial charge in [-0.3, -0.25) is 19.0 Å². The number of para-hydroxylation sites is 1. The van der Waals surface area contributed by atoms with E-state index in [1.54, 1.807) is 42.5 Å². The molecule has 0 unspecified atom stereocenters. The number of hydrogen-bond acceptors (Lipinski definition) is 4. The smallest absolute Gasteiger partial charge is 0.261 e. The van der Waals surface area contributed by atoms with Gasteiger partial charge in [-0.05, 0) is 36.4 Å². The van der Waals surface area contributed by atoms with E-state index in [9.17, 15) is 14.4 Å². The molecule has 0 aliphatic rings. The van der Waals surface area contributed by atoms with Crippen molar-refractivity contribution in [1.82, 2.24) is 9.55 Å². The molecule has 0 radical (unpaired) electrons. The molecule has 3 rings (SSSR count). The van der Waals surface area contributed by atoms with Gasteiger partial charge < -0.3 is 5.32 Å². The third kappa shape index (κ3) is 4.11. The lowest BCUT2D eigenvalue weighted by Gasteiger charge is -2.17. The van der Waals surface area contributed by atoms with Crippen molar-refractivity contribution in [2.45, 2.75) is 27.3 Å². The fraction of sp³-hybridized carbons (Fsp3) is 0.238. The summed E-state index contributed by atoms with van der Waals surface area (Å²) in [5.74, 6) is -0.307. The van der Waals surface area contributed by atoms with Crippen molar-refractivity contribution in [2.75, 3.05) is 5.32 Å². The lowest BCUT2D eigenvalue weighted by Crippen LogP contribution is -2.27. The Kier molecular flexibility index (Phi) is 4.90. The number of fused-ring (bicyclic) bond motifs is 1. The van der Waals surface area contributed by atoms with Gasteiger partial charge in [-0.1, -0.05) is 32.9 Å². The topological polar surface area (TPSA) is 81.1 Å². The molecule has 0 atom stereocenters. The van der Waals surface area contributed by atoms with Crippen molar-refractivity contribution in [3.8, 4) is 0 Å². The minimum absolute atomic E-state index is 0.0929. The number of Topliss-reactive ketones (excluding diaryl/α,β-unsaturated/α-hetero) is 1. The number of hydrogen-bond donors (Lipinski definition) is 1. The van der Waals surface area contributed by atoms with Crippen LogP contribution in [0.25, 0.3) is 10.9 Å². The summed E-state index contributed by atoms with van der Waals surface area (Å²) in [6.45, 7) is 5.39. The molecule has 0 fully saturated rings. The number of amides is 1. The molecule has 0 saturated heterocycles. The molecule has 0 aliphatic carbocycles. The maximum atomic E-state index is 12.5. The Hall–Kier alpha value is -3.28. The van der Waals surface area contributed by atoms with Crippen LogP contribution in [0.15, 0.2) is 59.7 Å². The van der Waals surface area contributed by atoms with Gasteiger partial charge >= 0.3 is 0 Å². The maximum absolute atomic E-state index is 12.5. The molecule has 138 valence electrons. The highest BCUT2D eigenvalue weighted by molar-refractivity contribution is 5.98. The van der Waals surface area contributed by atoms with Crippen LogP contribution in [-0.2, 0) is 11.3 Å². The standard InChI is InChI=1S/C21H21N3O3/c1-21(2,3)20(27)23-15-10-8-14(9-11-15)18(25)12-24-13-22-17-7-5-4-6-16(17)19(24)26/h4-11,13H,12H2,1-3H3,(H,23,27). The Morgan fingerprint density at radius 1 is 1.04 bits per heavy atom. The van der Waals surface area contributed by atoms with Gasteiger partial charge in [0.15, 0.2) is 5.78 Å². The molecule has 0 spiro atoms. The van der Waals surface area contributed by atoms with Gasteiger partial charge in [-0.2, -0.15) is 0 Å². The Bertz CT molecular complexity index is 1060. The van der Waals surface area contributed by atoms with Crippen LogP contribution in [0.1, 0.15) is 31.1 Å². The number of carbonyl (C=O) groups excluding carboxylic acids is 2. The Morgan fingerprint density at radius 2 is 1.70 bits per heavy atom. The normalized spacial score (nSPS) is 11.4. The molecule has 6 heteroatoms. The first-order valence-corrected chi connectivity index (χ1v) is 8.64. The molecule has 3 aromatic rings. The van der Waals surface area contributed by atoms with Crippen LogP contribution in [0.3, 0.4) is 0 Å². The van der Waals surface area contributed by atoms with E-state index in [-0.39, 0.29) is 23.8 Å². The molecule has 0 bridgehead atoms. The molecular formula is C21H21N3O3. The van der Waals surface area contributed by atoms with Crippen molar-refractivity contribution < 1.29 is 9.59 Å². The second-order valence-corrected chi connectivity index (χ2v) is 7.40. The second kappa shape index (κ2) is 7.15. The number of aromatic nitrogens is 2. The van der Waals surface area contributed by atoms with E-state index >= 15 is 0 Å². The molecule has 0 aliphatic heterocycles. The molecule has 0 saturated carbocycles. The van der Waals surface area contributed by atoms with Gasteiger partial charge in [0.1, 0.15) is 0 Å². The van der Waals surface area contributed by atoms with Crippen LogP contribution in [-0.4, -0.2) is 21.2 Å². The monoisotopic (exact) mass is 363 g/mol. The summed E-state index contributed by atoms with van der Waals surface area (Å²) < 4.78 is 1.31. The van der Waals surface area contributed by atoms with E-state index in [0.29, 0.717) is 22.2 Å². The van der Waals surface area contributed by atoms with E-state index in [0.717, 1.165) is 0 Å². The summed E-state index contributed by atoms with van der Waals surface area (Å²) in [4.78, 5) is 41.2. The zero-order valence-electron chi connectivity index (χ0n) is 15.5. The minimum atomic E-state index is -0.501. The third-order valence-corrected chi connectivity index (χ3v) is 4.19. The number of anilines is 1. The molecule has 27 heavy (non-hydrogen) atoms. The van der Waals surface area contributed by atoms with E-state index in [1.165, 1.54) is 10.9 Å². The van der Waals surface area contributed by atoms with Crippen molar-refractivity contribution in [2.24, 2.45) is 5.41 Å². The summed E-state index contributed by atoms with van der Waals surface area (Å²) in [6, 6.07) is 13.7. The lowest BCUT2D eigenvalue weighted by atomic mass is 9.95. The van der Waals surface area contributed by atoms with Crippen molar-refractivity contribution in [3.63, 3.8) is 0 Å². The van der Waals surface area contributed by atoms with Gasteiger partial charge in [0.05, 0.1) is 23.8 Å². The first-order valence-electron chi connectivity index (χ1n) is 8.64. The fourth-order valence-corrected chi connectivity index (χ4v) is 2.52. The number of nitrogens with one attached hydrogen (secondary N) is 1. The average molecular weight is 363 g/mol. The fourth-order valence-electron chi connectivity index (χ4n) is 2.52. The summed E-state index contributed by atoms with van der Waals surface area (Å²) in [6.07, 6.45) is 1.39. The highest BCUT2D eigenvalue weighted by Gasteiger charge is 2.21. The van der Waals surface area contributed by atoms with E-state index in [1.807, 2.05) is 26.8 Å². The number of nitrogens with zero attached hydrogens (tertiary/aromatic N) is 2. The van der Waals surface area contributed by atoms with E-state index < -0.39 is 5.41 Å². The van der Waals surface area contributed by atoms with E-state index in [2.05, 4.69) is 10.3 Å². The predicted molar refractivity (Wildman–Crippen MR) is 105 cm³/mol. The maximum Gasteiger partial charge on any atom is 0.261 e. The lowest BCUT2D eigenvalue weighted by molar-refractivity contribution is -0.123. The van der Waals surface area contributed by atoms with Gasteiger partial charge in [0.25, 0.3) is 5.56 Å². The molecule has 6 nitrogen and oxygen atoms in total. The Labute approximate surface area is 156 Å². The SMILES string of the molecule is CC(C)(C)C(=O)Nc1ccc(C(=O)Cn2cnc3ccccc3c2=O)cc1. The summed E-state index contributed by atoms with van der Waals surface area (Å²) in [5.41, 5.74) is 0.937. The largest absolute Gasteiger partial charge is 0.326 e. The first kappa shape index (κ1) is 18.5. The minimum Gasteiger partial charge on any atom is -0.326 e. The Balaban J connectivity index is 1.76. The summed E-state index contributed by atoms with van der Waals surface area (Å²) in [5, 5.41) is 3.29. The highest BCUT2D eigenvalue weighted by atomic mass is 16.2. The quantitative estimate of drug-likeness (QED) is 0.722. The number of carbonyl (C=O) groups is 2. The highest BCUT2D eigenvalue weighted by Crippen LogP contribution is 2.18. The predicted octanol–water partition coefficient (Wildman–Crippen LogP) is 3.26. The summed E-state index contributed by atoms with van der Waals surface area (Å²) >= 11 is 0. The number of benzene rings is 2. The first-order chi connectivity index (χ1) is 12.8. The average Bonchev–Trinajstić information content (AvgIpc) is 2.64. The van der Waals surface area contributed by atoms with Crippen molar-refractivity contribution in [1.29, 1.82) is 0 Å². The Morgan fingerprint density at radius 3 is 2.37 bits per heavy atom. The summed E-state index contributed by atoms with van der Waals surface area (Å²) in [7, 11) is 0. The molecule has 1 heterocycles.